The molecule has 0 aliphatic carbocycles. The molecule has 2 heterocycles. The maximum absolute atomic E-state index is 13.0. The van der Waals surface area contributed by atoms with Gasteiger partial charge >= 0.3 is 0 Å². The molecule has 1 aliphatic rings. The Morgan fingerprint density at radius 2 is 1.50 bits per heavy atom. The summed E-state index contributed by atoms with van der Waals surface area (Å²) in [6.07, 6.45) is 2.90. The maximum Gasteiger partial charge on any atom is 0.243 e. The normalized spacial score (nSPS) is 14.6. The fraction of sp³-hybridized carbons (Fsp3) is 0.192. The second-order valence-electron chi connectivity index (χ2n) is 8.19. The summed E-state index contributed by atoms with van der Waals surface area (Å²) in [6, 6.07) is 22.2. The lowest BCUT2D eigenvalue weighted by Crippen LogP contribution is -2.35. The van der Waals surface area contributed by atoms with Crippen LogP contribution in [0.5, 0.6) is 0 Å². The minimum atomic E-state index is -3.48. The second-order valence-corrected chi connectivity index (χ2v) is 11.0. The SMILES string of the molecule is Cl.O=S(=O)(c1ccc(-c2cc(-c3ccccc3Cl)c3cc(Cl)ccc3n2)cc1)N1CCCCC1. The molecule has 0 unspecified atom stereocenters. The molecule has 4 aromatic rings. The number of halogens is 3. The maximum atomic E-state index is 13.0. The summed E-state index contributed by atoms with van der Waals surface area (Å²) in [5.74, 6) is 0. The van der Waals surface area contributed by atoms with E-state index in [0.29, 0.717) is 28.0 Å². The van der Waals surface area contributed by atoms with Crippen molar-refractivity contribution in [1.29, 1.82) is 0 Å². The number of aromatic nitrogens is 1. The predicted octanol–water partition coefficient (Wildman–Crippen LogP) is 7.47. The first-order valence-corrected chi connectivity index (χ1v) is 13.1. The molecule has 0 saturated carbocycles. The molecule has 1 fully saturated rings. The molecule has 1 aromatic heterocycles. The molecule has 3 aromatic carbocycles. The number of fused-ring (bicyclic) bond motifs is 1. The number of benzene rings is 3. The van der Waals surface area contributed by atoms with Crippen molar-refractivity contribution in [2.45, 2.75) is 24.2 Å². The largest absolute Gasteiger partial charge is 0.248 e. The van der Waals surface area contributed by atoms with Crippen LogP contribution in [-0.4, -0.2) is 30.8 Å². The van der Waals surface area contributed by atoms with Gasteiger partial charge < -0.3 is 0 Å². The van der Waals surface area contributed by atoms with Crippen LogP contribution in [-0.2, 0) is 10.0 Å². The second kappa shape index (κ2) is 10.2. The van der Waals surface area contributed by atoms with Crippen molar-refractivity contribution >= 4 is 56.5 Å². The van der Waals surface area contributed by atoms with Gasteiger partial charge in [0.05, 0.1) is 16.1 Å². The molecule has 0 bridgehead atoms. The summed E-state index contributed by atoms with van der Waals surface area (Å²) in [7, 11) is -3.48. The van der Waals surface area contributed by atoms with Crippen molar-refractivity contribution in [2.75, 3.05) is 13.1 Å². The Hall–Kier alpha value is -2.15. The highest BCUT2D eigenvalue weighted by Gasteiger charge is 2.25. The molecule has 4 nitrogen and oxygen atoms in total. The van der Waals surface area contributed by atoms with Gasteiger partial charge in [-0.15, -0.1) is 12.4 Å². The average Bonchev–Trinajstić information content (AvgIpc) is 2.84. The van der Waals surface area contributed by atoms with Crippen molar-refractivity contribution in [3.05, 3.63) is 82.8 Å². The van der Waals surface area contributed by atoms with Crippen LogP contribution in [0.1, 0.15) is 19.3 Å². The Bertz CT molecular complexity index is 1430. The molecular formula is C26H23Cl3N2O2S. The molecule has 8 heteroatoms. The van der Waals surface area contributed by atoms with Gasteiger partial charge in [-0.2, -0.15) is 4.31 Å². The van der Waals surface area contributed by atoms with Gasteiger partial charge in [0.1, 0.15) is 0 Å². The van der Waals surface area contributed by atoms with Gasteiger partial charge in [0.25, 0.3) is 0 Å². The summed E-state index contributed by atoms with van der Waals surface area (Å²) in [5.41, 5.74) is 4.17. The third-order valence-corrected chi connectivity index (χ3v) is 8.52. The van der Waals surface area contributed by atoms with Gasteiger partial charge in [-0.1, -0.05) is 60.0 Å². The first-order valence-electron chi connectivity index (χ1n) is 10.9. The van der Waals surface area contributed by atoms with E-state index in [1.807, 2.05) is 60.7 Å². The first-order chi connectivity index (χ1) is 15.9. The van der Waals surface area contributed by atoms with Gasteiger partial charge in [-0.25, -0.2) is 13.4 Å². The Morgan fingerprint density at radius 1 is 0.794 bits per heavy atom. The lowest BCUT2D eigenvalue weighted by Gasteiger charge is -2.25. The van der Waals surface area contributed by atoms with E-state index < -0.39 is 10.0 Å². The van der Waals surface area contributed by atoms with Crippen molar-refractivity contribution < 1.29 is 8.42 Å². The van der Waals surface area contributed by atoms with Crippen molar-refractivity contribution in [3.8, 4) is 22.4 Å². The number of piperidine rings is 1. The standard InChI is InChI=1S/C26H22Cl2N2O2S.ClH/c27-19-10-13-25-23(16-19)22(21-6-2-3-7-24(21)28)17-26(29-25)18-8-11-20(12-9-18)33(31,32)30-14-4-1-5-15-30;/h2-3,6-13,16-17H,1,4-5,14-15H2;1H. The number of hydrogen-bond acceptors (Lipinski definition) is 3. The van der Waals surface area contributed by atoms with Gasteiger partial charge in [0.2, 0.25) is 10.0 Å². The molecule has 0 spiro atoms. The lowest BCUT2D eigenvalue weighted by atomic mass is 9.98. The summed E-state index contributed by atoms with van der Waals surface area (Å²) in [5, 5.41) is 2.17. The Balaban J connectivity index is 0.00000274. The Morgan fingerprint density at radius 3 is 2.21 bits per heavy atom. The molecule has 0 atom stereocenters. The fourth-order valence-corrected chi connectivity index (χ4v) is 6.23. The van der Waals surface area contributed by atoms with Crippen LogP contribution in [0.2, 0.25) is 10.0 Å². The van der Waals surface area contributed by atoms with Crippen LogP contribution in [0.25, 0.3) is 33.3 Å². The minimum Gasteiger partial charge on any atom is -0.248 e. The number of hydrogen-bond donors (Lipinski definition) is 0. The quantitative estimate of drug-likeness (QED) is 0.273. The summed E-state index contributed by atoms with van der Waals surface area (Å²) in [6.45, 7) is 1.17. The molecule has 176 valence electrons. The van der Waals surface area contributed by atoms with Gasteiger partial charge in [0.15, 0.2) is 0 Å². The molecule has 0 N–H and O–H groups in total. The molecule has 5 rings (SSSR count). The van der Waals surface area contributed by atoms with Crippen LogP contribution >= 0.6 is 35.6 Å². The van der Waals surface area contributed by atoms with Crippen molar-refractivity contribution in [2.24, 2.45) is 0 Å². The van der Waals surface area contributed by atoms with Crippen molar-refractivity contribution in [1.82, 2.24) is 9.29 Å². The van der Waals surface area contributed by atoms with Crippen LogP contribution in [0.15, 0.2) is 77.7 Å². The van der Waals surface area contributed by atoms with E-state index in [4.69, 9.17) is 28.2 Å². The number of rotatable bonds is 4. The van der Waals surface area contributed by atoms with E-state index in [1.165, 1.54) is 0 Å². The van der Waals surface area contributed by atoms with Crippen LogP contribution in [0.4, 0.5) is 0 Å². The lowest BCUT2D eigenvalue weighted by molar-refractivity contribution is 0.346. The summed E-state index contributed by atoms with van der Waals surface area (Å²) < 4.78 is 27.6. The van der Waals surface area contributed by atoms with Crippen LogP contribution in [0.3, 0.4) is 0 Å². The highest BCUT2D eigenvalue weighted by Crippen LogP contribution is 2.37. The zero-order valence-electron chi connectivity index (χ0n) is 18.2. The van der Waals surface area contributed by atoms with E-state index in [-0.39, 0.29) is 12.4 Å². The Labute approximate surface area is 216 Å². The zero-order valence-corrected chi connectivity index (χ0v) is 21.4. The van der Waals surface area contributed by atoms with Gasteiger partial charge in [-0.05, 0) is 60.9 Å². The molecule has 0 radical (unpaired) electrons. The Kier molecular flexibility index (Phi) is 7.51. The highest BCUT2D eigenvalue weighted by molar-refractivity contribution is 7.89. The third-order valence-electron chi connectivity index (χ3n) is 6.04. The highest BCUT2D eigenvalue weighted by atomic mass is 35.5. The van der Waals surface area contributed by atoms with E-state index in [2.05, 4.69) is 0 Å². The minimum absolute atomic E-state index is 0. The molecule has 1 saturated heterocycles. The first kappa shape index (κ1) is 25.0. The molecule has 34 heavy (non-hydrogen) atoms. The number of nitrogens with zero attached hydrogens (tertiary/aromatic N) is 2. The van der Waals surface area contributed by atoms with Gasteiger partial charge in [-0.3, -0.25) is 0 Å². The fourth-order valence-electron chi connectivity index (χ4n) is 4.30. The number of pyridine rings is 1. The van der Waals surface area contributed by atoms with E-state index in [1.54, 1.807) is 16.4 Å². The zero-order chi connectivity index (χ0) is 23.0. The summed E-state index contributed by atoms with van der Waals surface area (Å²) in [4.78, 5) is 5.13. The van der Waals surface area contributed by atoms with E-state index in [9.17, 15) is 8.42 Å². The molecular weight excluding hydrogens is 511 g/mol. The van der Waals surface area contributed by atoms with Crippen LogP contribution in [0, 0.1) is 0 Å². The topological polar surface area (TPSA) is 50.3 Å². The number of sulfonamides is 1. The van der Waals surface area contributed by atoms with Crippen molar-refractivity contribution in [3.63, 3.8) is 0 Å². The monoisotopic (exact) mass is 532 g/mol. The van der Waals surface area contributed by atoms with E-state index >= 15 is 0 Å². The van der Waals surface area contributed by atoms with E-state index in [0.717, 1.165) is 52.5 Å². The summed E-state index contributed by atoms with van der Waals surface area (Å²) >= 11 is 12.8. The van der Waals surface area contributed by atoms with Crippen LogP contribution < -0.4 is 0 Å². The third kappa shape index (κ3) is 4.81. The molecule has 0 amide bonds. The van der Waals surface area contributed by atoms with Gasteiger partial charge in [0, 0.05) is 39.6 Å². The average molecular weight is 534 g/mol. The predicted molar refractivity (Wildman–Crippen MR) is 142 cm³/mol. The smallest absolute Gasteiger partial charge is 0.243 e. The molecule has 1 aliphatic heterocycles.